The fourth-order valence-corrected chi connectivity index (χ4v) is 2.93. The number of carbonyl (C=O) groups excluding carboxylic acids is 1. The Hall–Kier alpha value is -3.35. The molecule has 1 aliphatic heterocycles. The number of ether oxygens (including phenoxy) is 2. The summed E-state index contributed by atoms with van der Waals surface area (Å²) in [5.41, 5.74) is 1.67. The number of nitrogens with zero attached hydrogens (tertiary/aromatic N) is 2. The second kappa shape index (κ2) is 7.11. The monoisotopic (exact) mass is 367 g/mol. The van der Waals surface area contributed by atoms with E-state index < -0.39 is 11.7 Å². The van der Waals surface area contributed by atoms with E-state index in [9.17, 15) is 9.18 Å². The number of hydrogen-bond donors (Lipinski definition) is 1. The van der Waals surface area contributed by atoms with Gasteiger partial charge in [0, 0.05) is 25.2 Å². The zero-order valence-electron chi connectivity index (χ0n) is 14.7. The molecule has 0 bridgehead atoms. The van der Waals surface area contributed by atoms with Gasteiger partial charge in [-0.15, -0.1) is 0 Å². The van der Waals surface area contributed by atoms with Crippen LogP contribution in [-0.4, -0.2) is 28.9 Å². The fraction of sp³-hybridized carbons (Fsp3) is 0.200. The molecule has 2 aromatic carbocycles. The number of hydrogen-bond acceptors (Lipinski definition) is 4. The summed E-state index contributed by atoms with van der Waals surface area (Å²) in [6, 6.07) is 11.5. The van der Waals surface area contributed by atoms with Crippen LogP contribution in [0, 0.1) is 5.82 Å². The normalized spacial score (nSPS) is 13.1. The molecule has 0 saturated heterocycles. The Morgan fingerprint density at radius 1 is 1.15 bits per heavy atom. The summed E-state index contributed by atoms with van der Waals surface area (Å²) in [7, 11) is 1.73. The maximum absolute atomic E-state index is 13.9. The molecule has 0 unspecified atom stereocenters. The Morgan fingerprint density at radius 3 is 2.74 bits per heavy atom. The molecular weight excluding hydrogens is 349 g/mol. The molecule has 138 valence electrons. The number of nitrogens with one attached hydrogen (secondary N) is 1. The summed E-state index contributed by atoms with van der Waals surface area (Å²) in [5, 5.41) is 7.00. The predicted octanol–water partition coefficient (Wildman–Crippen LogP) is 3.64. The highest BCUT2D eigenvalue weighted by Gasteiger charge is 2.20. The van der Waals surface area contributed by atoms with E-state index in [1.54, 1.807) is 30.1 Å². The largest absolute Gasteiger partial charge is 0.490 e. The van der Waals surface area contributed by atoms with Gasteiger partial charge in [-0.1, -0.05) is 12.1 Å². The van der Waals surface area contributed by atoms with Crippen molar-refractivity contribution in [2.75, 3.05) is 18.5 Å². The highest BCUT2D eigenvalue weighted by Crippen LogP contribution is 2.35. The van der Waals surface area contributed by atoms with Crippen LogP contribution < -0.4 is 14.8 Å². The molecule has 1 N–H and O–H groups in total. The average molecular weight is 367 g/mol. The number of aromatic nitrogens is 2. The van der Waals surface area contributed by atoms with Crippen molar-refractivity contribution < 1.29 is 18.7 Å². The molecule has 0 atom stereocenters. The first-order valence-electron chi connectivity index (χ1n) is 8.61. The third kappa shape index (κ3) is 3.48. The van der Waals surface area contributed by atoms with E-state index >= 15 is 0 Å². The van der Waals surface area contributed by atoms with Gasteiger partial charge >= 0.3 is 0 Å². The maximum Gasteiger partial charge on any atom is 0.259 e. The summed E-state index contributed by atoms with van der Waals surface area (Å²) in [5.74, 6) is 0.364. The molecule has 2 heterocycles. The van der Waals surface area contributed by atoms with E-state index in [4.69, 9.17) is 9.47 Å². The first kappa shape index (κ1) is 17.1. The Balaban J connectivity index is 1.68. The summed E-state index contributed by atoms with van der Waals surface area (Å²) in [6.07, 6.45) is 2.42. The summed E-state index contributed by atoms with van der Waals surface area (Å²) in [6.45, 7) is 1.17. The van der Waals surface area contributed by atoms with Crippen LogP contribution in [0.5, 0.6) is 11.5 Å². The Labute approximate surface area is 155 Å². The topological polar surface area (TPSA) is 65.4 Å². The first-order chi connectivity index (χ1) is 13.1. The molecule has 1 aliphatic rings. The minimum absolute atomic E-state index is 0.121. The number of anilines is 1. The molecule has 7 heteroatoms. The molecule has 0 saturated carbocycles. The second-order valence-corrected chi connectivity index (χ2v) is 6.21. The van der Waals surface area contributed by atoms with Crippen molar-refractivity contribution in [1.82, 2.24) is 9.78 Å². The number of carbonyl (C=O) groups is 1. The van der Waals surface area contributed by atoms with Gasteiger partial charge in [-0.3, -0.25) is 9.48 Å². The van der Waals surface area contributed by atoms with E-state index in [1.165, 1.54) is 12.1 Å². The molecular formula is C20H18FN3O3. The molecule has 1 amide bonds. The zero-order chi connectivity index (χ0) is 18.8. The van der Waals surface area contributed by atoms with E-state index in [2.05, 4.69) is 10.4 Å². The molecule has 4 rings (SSSR count). The van der Waals surface area contributed by atoms with E-state index in [-0.39, 0.29) is 5.69 Å². The number of para-hydroxylation sites is 1. The quantitative estimate of drug-likeness (QED) is 0.768. The number of amides is 1. The number of rotatable bonds is 3. The van der Waals surface area contributed by atoms with Gasteiger partial charge in [0.25, 0.3) is 5.91 Å². The molecule has 6 nitrogen and oxygen atoms in total. The molecule has 0 radical (unpaired) electrons. The van der Waals surface area contributed by atoms with Gasteiger partial charge in [0.1, 0.15) is 11.5 Å². The van der Waals surface area contributed by atoms with Crippen LogP contribution in [-0.2, 0) is 7.05 Å². The molecule has 0 spiro atoms. The van der Waals surface area contributed by atoms with Crippen LogP contribution in [0.4, 0.5) is 10.1 Å². The maximum atomic E-state index is 13.9. The van der Waals surface area contributed by atoms with E-state index in [1.807, 2.05) is 18.2 Å². The fourth-order valence-electron chi connectivity index (χ4n) is 2.93. The molecule has 27 heavy (non-hydrogen) atoms. The Kier molecular flexibility index (Phi) is 4.50. The third-order valence-electron chi connectivity index (χ3n) is 4.22. The minimum Gasteiger partial charge on any atom is -0.490 e. The predicted molar refractivity (Wildman–Crippen MR) is 98.6 cm³/mol. The van der Waals surface area contributed by atoms with Crippen molar-refractivity contribution >= 4 is 11.6 Å². The molecule has 0 aliphatic carbocycles. The smallest absolute Gasteiger partial charge is 0.259 e. The van der Waals surface area contributed by atoms with Crippen molar-refractivity contribution in [1.29, 1.82) is 0 Å². The lowest BCUT2D eigenvalue weighted by Gasteiger charge is -2.10. The van der Waals surface area contributed by atoms with Crippen LogP contribution in [0.25, 0.3) is 11.3 Å². The number of halogens is 1. The van der Waals surface area contributed by atoms with E-state index in [0.29, 0.717) is 36.0 Å². The first-order valence-corrected chi connectivity index (χ1v) is 8.61. The van der Waals surface area contributed by atoms with Crippen molar-refractivity contribution in [3.8, 4) is 22.8 Å². The standard InChI is InChI=1S/C20H18FN3O3/c1-24-12-14(20(25)22-16-6-3-2-5-15(16)21)19(23-24)13-7-8-17-18(11-13)27-10-4-9-26-17/h2-3,5-8,11-12H,4,9-10H2,1H3,(H,22,25). The molecule has 3 aromatic rings. The molecule has 1 aromatic heterocycles. The van der Waals surface area contributed by atoms with Gasteiger partial charge < -0.3 is 14.8 Å². The van der Waals surface area contributed by atoms with Gasteiger partial charge in [0.2, 0.25) is 0 Å². The van der Waals surface area contributed by atoms with Gasteiger partial charge in [-0.2, -0.15) is 5.10 Å². The second-order valence-electron chi connectivity index (χ2n) is 6.21. The van der Waals surface area contributed by atoms with Crippen LogP contribution in [0.1, 0.15) is 16.8 Å². The van der Waals surface area contributed by atoms with E-state index in [0.717, 1.165) is 12.0 Å². The summed E-state index contributed by atoms with van der Waals surface area (Å²) < 4.78 is 26.8. The van der Waals surface area contributed by atoms with Crippen LogP contribution in [0.15, 0.2) is 48.7 Å². The lowest BCUT2D eigenvalue weighted by molar-refractivity contribution is 0.102. The van der Waals surface area contributed by atoms with Gasteiger partial charge in [0.05, 0.1) is 24.5 Å². The van der Waals surface area contributed by atoms with Crippen LogP contribution >= 0.6 is 0 Å². The van der Waals surface area contributed by atoms with Crippen LogP contribution in [0.3, 0.4) is 0 Å². The van der Waals surface area contributed by atoms with Gasteiger partial charge in [0.15, 0.2) is 11.5 Å². The van der Waals surface area contributed by atoms with Crippen molar-refractivity contribution in [2.24, 2.45) is 7.05 Å². The minimum atomic E-state index is -0.494. The van der Waals surface area contributed by atoms with Gasteiger partial charge in [-0.05, 0) is 30.3 Å². The summed E-state index contributed by atoms with van der Waals surface area (Å²) in [4.78, 5) is 12.7. The highest BCUT2D eigenvalue weighted by atomic mass is 19.1. The SMILES string of the molecule is Cn1cc(C(=O)Nc2ccccc2F)c(-c2ccc3c(c2)OCCCO3)n1. The average Bonchev–Trinajstić information content (AvgIpc) is 2.91. The van der Waals surface area contributed by atoms with Crippen molar-refractivity contribution in [3.63, 3.8) is 0 Å². The molecule has 0 fully saturated rings. The Morgan fingerprint density at radius 2 is 1.93 bits per heavy atom. The number of fused-ring (bicyclic) bond motifs is 1. The highest BCUT2D eigenvalue weighted by molar-refractivity contribution is 6.08. The lowest BCUT2D eigenvalue weighted by atomic mass is 10.1. The van der Waals surface area contributed by atoms with Gasteiger partial charge in [-0.25, -0.2) is 4.39 Å². The van der Waals surface area contributed by atoms with Crippen molar-refractivity contribution in [2.45, 2.75) is 6.42 Å². The number of aryl methyl sites for hydroxylation is 1. The number of benzene rings is 2. The zero-order valence-corrected chi connectivity index (χ0v) is 14.7. The summed E-state index contributed by atoms with van der Waals surface area (Å²) >= 11 is 0. The Bertz CT molecular complexity index is 1000. The van der Waals surface area contributed by atoms with Crippen LogP contribution in [0.2, 0.25) is 0 Å². The van der Waals surface area contributed by atoms with Crippen molar-refractivity contribution in [3.05, 3.63) is 60.0 Å². The lowest BCUT2D eigenvalue weighted by Crippen LogP contribution is -2.13. The third-order valence-corrected chi connectivity index (χ3v) is 4.22.